The SMILES string of the molecule is CCNC(=NCc1ccc(N(C)C)cc1)N1CCCC(C)C1.I. The summed E-state index contributed by atoms with van der Waals surface area (Å²) in [6.07, 6.45) is 2.60. The second kappa shape index (κ2) is 10.0. The highest BCUT2D eigenvalue weighted by atomic mass is 127. The summed E-state index contributed by atoms with van der Waals surface area (Å²) >= 11 is 0. The van der Waals surface area contributed by atoms with Gasteiger partial charge >= 0.3 is 0 Å². The number of likely N-dealkylation sites (tertiary alicyclic amines) is 1. The number of hydrogen-bond donors (Lipinski definition) is 1. The fraction of sp³-hybridized carbons (Fsp3) is 0.611. The molecule has 1 unspecified atom stereocenters. The smallest absolute Gasteiger partial charge is 0.194 e. The third-order valence-corrected chi connectivity index (χ3v) is 4.16. The lowest BCUT2D eigenvalue weighted by Gasteiger charge is -2.33. The van der Waals surface area contributed by atoms with Gasteiger partial charge in [-0.05, 0) is 43.4 Å². The van der Waals surface area contributed by atoms with E-state index in [9.17, 15) is 0 Å². The van der Waals surface area contributed by atoms with Gasteiger partial charge in [-0.15, -0.1) is 24.0 Å². The van der Waals surface area contributed by atoms with Crippen molar-refractivity contribution >= 4 is 35.6 Å². The van der Waals surface area contributed by atoms with Crippen LogP contribution in [0.2, 0.25) is 0 Å². The van der Waals surface area contributed by atoms with Gasteiger partial charge in [0.1, 0.15) is 0 Å². The molecule has 0 aromatic heterocycles. The van der Waals surface area contributed by atoms with Crippen molar-refractivity contribution in [2.24, 2.45) is 10.9 Å². The first-order chi connectivity index (χ1) is 10.6. The van der Waals surface area contributed by atoms with Crippen LogP contribution >= 0.6 is 24.0 Å². The largest absolute Gasteiger partial charge is 0.378 e. The first-order valence-electron chi connectivity index (χ1n) is 8.39. The number of piperidine rings is 1. The van der Waals surface area contributed by atoms with E-state index in [0.717, 1.165) is 38.1 Å². The Hall–Kier alpha value is -0.980. The molecule has 0 bridgehead atoms. The standard InChI is InChI=1S/C18H30N4.HI/c1-5-19-18(22-12-6-7-15(2)14-22)20-13-16-8-10-17(11-9-16)21(3)4;/h8-11,15H,5-7,12-14H2,1-4H3,(H,19,20);1H. The van der Waals surface area contributed by atoms with Crippen LogP contribution in [0.15, 0.2) is 29.3 Å². The molecular weight excluding hydrogens is 399 g/mol. The summed E-state index contributed by atoms with van der Waals surface area (Å²) in [5.74, 6) is 1.82. The van der Waals surface area contributed by atoms with Crippen molar-refractivity contribution in [1.82, 2.24) is 10.2 Å². The molecule has 130 valence electrons. The number of anilines is 1. The van der Waals surface area contributed by atoms with Crippen molar-refractivity contribution in [3.8, 4) is 0 Å². The van der Waals surface area contributed by atoms with Crippen molar-refractivity contribution in [2.75, 3.05) is 38.6 Å². The van der Waals surface area contributed by atoms with E-state index in [-0.39, 0.29) is 24.0 Å². The first kappa shape index (κ1) is 20.1. The predicted octanol–water partition coefficient (Wildman–Crippen LogP) is 3.57. The summed E-state index contributed by atoms with van der Waals surface area (Å²) < 4.78 is 0. The maximum absolute atomic E-state index is 4.83. The van der Waals surface area contributed by atoms with Gasteiger partial charge in [-0.2, -0.15) is 0 Å². The molecule has 1 aliphatic heterocycles. The summed E-state index contributed by atoms with van der Waals surface area (Å²) in [5.41, 5.74) is 2.48. The molecule has 2 rings (SSSR count). The van der Waals surface area contributed by atoms with Gasteiger partial charge in [0, 0.05) is 39.4 Å². The lowest BCUT2D eigenvalue weighted by Crippen LogP contribution is -2.46. The van der Waals surface area contributed by atoms with Gasteiger partial charge in [-0.3, -0.25) is 0 Å². The number of rotatable bonds is 4. The van der Waals surface area contributed by atoms with Gasteiger partial charge in [-0.1, -0.05) is 19.1 Å². The molecule has 1 saturated heterocycles. The molecule has 1 aromatic carbocycles. The molecule has 1 heterocycles. The predicted molar refractivity (Wildman–Crippen MR) is 111 cm³/mol. The number of hydrogen-bond acceptors (Lipinski definition) is 2. The minimum atomic E-state index is 0. The molecule has 0 radical (unpaired) electrons. The van der Waals surface area contributed by atoms with Crippen molar-refractivity contribution in [1.29, 1.82) is 0 Å². The summed E-state index contributed by atoms with van der Waals surface area (Å²) in [7, 11) is 4.13. The van der Waals surface area contributed by atoms with Crippen molar-refractivity contribution in [2.45, 2.75) is 33.2 Å². The van der Waals surface area contributed by atoms with Gasteiger partial charge in [-0.25, -0.2) is 4.99 Å². The quantitative estimate of drug-likeness (QED) is 0.450. The third-order valence-electron chi connectivity index (χ3n) is 4.16. The Labute approximate surface area is 158 Å². The molecule has 0 spiro atoms. The molecule has 1 aromatic rings. The molecule has 4 nitrogen and oxygen atoms in total. The zero-order chi connectivity index (χ0) is 15.9. The van der Waals surface area contributed by atoms with Crippen molar-refractivity contribution in [3.05, 3.63) is 29.8 Å². The fourth-order valence-electron chi connectivity index (χ4n) is 2.87. The normalized spacial score (nSPS) is 18.3. The van der Waals surface area contributed by atoms with E-state index < -0.39 is 0 Å². The highest BCUT2D eigenvalue weighted by Gasteiger charge is 2.18. The monoisotopic (exact) mass is 430 g/mol. The molecule has 1 fully saturated rings. The molecule has 1 atom stereocenters. The van der Waals surface area contributed by atoms with Crippen LogP contribution in [0.25, 0.3) is 0 Å². The van der Waals surface area contributed by atoms with Crippen molar-refractivity contribution < 1.29 is 0 Å². The molecular formula is C18H31IN4. The number of nitrogens with zero attached hydrogens (tertiary/aromatic N) is 3. The Kier molecular flexibility index (Phi) is 8.73. The lowest BCUT2D eigenvalue weighted by molar-refractivity contribution is 0.266. The molecule has 1 aliphatic rings. The van der Waals surface area contributed by atoms with Crippen molar-refractivity contribution in [3.63, 3.8) is 0 Å². The van der Waals surface area contributed by atoms with E-state index >= 15 is 0 Å². The summed E-state index contributed by atoms with van der Waals surface area (Å²) in [6.45, 7) is 8.36. The molecule has 0 amide bonds. The van der Waals surface area contributed by atoms with E-state index in [0.29, 0.717) is 0 Å². The van der Waals surface area contributed by atoms with Gasteiger partial charge in [0.15, 0.2) is 5.96 Å². The van der Waals surface area contributed by atoms with Crippen LogP contribution < -0.4 is 10.2 Å². The molecule has 5 heteroatoms. The number of guanidine groups is 1. The number of aliphatic imine (C=N–C) groups is 1. The van der Waals surface area contributed by atoms with Crippen LogP contribution in [0.3, 0.4) is 0 Å². The second-order valence-corrected chi connectivity index (χ2v) is 6.42. The first-order valence-corrected chi connectivity index (χ1v) is 8.39. The van der Waals surface area contributed by atoms with Crippen LogP contribution in [0.4, 0.5) is 5.69 Å². The molecule has 0 aliphatic carbocycles. The van der Waals surface area contributed by atoms with E-state index in [1.165, 1.54) is 24.1 Å². The number of halogens is 1. The Morgan fingerprint density at radius 1 is 1.30 bits per heavy atom. The van der Waals surface area contributed by atoms with E-state index in [1.54, 1.807) is 0 Å². The maximum Gasteiger partial charge on any atom is 0.194 e. The van der Waals surface area contributed by atoms with Crippen LogP contribution in [-0.4, -0.2) is 44.6 Å². The van der Waals surface area contributed by atoms with E-state index in [4.69, 9.17) is 4.99 Å². The van der Waals surface area contributed by atoms with Gasteiger partial charge in [0.05, 0.1) is 6.54 Å². The average molecular weight is 430 g/mol. The number of benzene rings is 1. The highest BCUT2D eigenvalue weighted by molar-refractivity contribution is 14.0. The van der Waals surface area contributed by atoms with Gasteiger partial charge in [0.25, 0.3) is 0 Å². The van der Waals surface area contributed by atoms with E-state index in [2.05, 4.69) is 67.3 Å². The Balaban J connectivity index is 0.00000264. The molecule has 0 saturated carbocycles. The maximum atomic E-state index is 4.83. The fourth-order valence-corrected chi connectivity index (χ4v) is 2.87. The topological polar surface area (TPSA) is 30.9 Å². The highest BCUT2D eigenvalue weighted by Crippen LogP contribution is 2.16. The molecule has 23 heavy (non-hydrogen) atoms. The molecule has 1 N–H and O–H groups in total. The Morgan fingerprint density at radius 3 is 2.57 bits per heavy atom. The Bertz CT molecular complexity index is 484. The minimum absolute atomic E-state index is 0. The average Bonchev–Trinajstić information content (AvgIpc) is 2.52. The minimum Gasteiger partial charge on any atom is -0.378 e. The zero-order valence-electron chi connectivity index (χ0n) is 14.9. The van der Waals surface area contributed by atoms with E-state index in [1.807, 2.05) is 0 Å². The van der Waals surface area contributed by atoms with Gasteiger partial charge < -0.3 is 15.1 Å². The third kappa shape index (κ3) is 6.20. The Morgan fingerprint density at radius 2 is 2.00 bits per heavy atom. The second-order valence-electron chi connectivity index (χ2n) is 6.42. The van der Waals surface area contributed by atoms with Crippen LogP contribution in [-0.2, 0) is 6.54 Å². The van der Waals surface area contributed by atoms with Gasteiger partial charge in [0.2, 0.25) is 0 Å². The summed E-state index contributed by atoms with van der Waals surface area (Å²) in [4.78, 5) is 9.36. The van der Waals surface area contributed by atoms with Crippen LogP contribution in [0, 0.1) is 5.92 Å². The lowest BCUT2D eigenvalue weighted by atomic mass is 10.0. The summed E-state index contributed by atoms with van der Waals surface area (Å²) in [6, 6.07) is 8.64. The summed E-state index contributed by atoms with van der Waals surface area (Å²) in [5, 5.41) is 3.44. The van der Waals surface area contributed by atoms with Crippen LogP contribution in [0.1, 0.15) is 32.3 Å². The zero-order valence-corrected chi connectivity index (χ0v) is 17.2. The van der Waals surface area contributed by atoms with Crippen LogP contribution in [0.5, 0.6) is 0 Å². The number of nitrogens with one attached hydrogen (secondary N) is 1.